The highest BCUT2D eigenvalue weighted by Gasteiger charge is 2.19. The van der Waals surface area contributed by atoms with Gasteiger partial charge < -0.3 is 15.0 Å². The molecule has 1 aliphatic rings. The van der Waals surface area contributed by atoms with Crippen LogP contribution in [0.3, 0.4) is 0 Å². The first kappa shape index (κ1) is 21.2. The molecule has 0 unspecified atom stereocenters. The van der Waals surface area contributed by atoms with Crippen molar-refractivity contribution in [2.24, 2.45) is 0 Å². The second-order valence-corrected chi connectivity index (χ2v) is 8.12. The summed E-state index contributed by atoms with van der Waals surface area (Å²) in [6.07, 6.45) is 5.18. The molecule has 1 saturated heterocycles. The normalized spacial score (nSPS) is 14.0. The van der Waals surface area contributed by atoms with E-state index < -0.39 is 11.6 Å². The summed E-state index contributed by atoms with van der Waals surface area (Å²) in [6.45, 7) is 6.70. The summed E-state index contributed by atoms with van der Waals surface area (Å²) in [7, 11) is 0. The number of anilines is 3. The molecule has 0 amide bonds. The van der Waals surface area contributed by atoms with E-state index in [0.717, 1.165) is 30.4 Å². The molecule has 1 aromatic carbocycles. The van der Waals surface area contributed by atoms with Gasteiger partial charge in [0.15, 0.2) is 0 Å². The first-order valence-electron chi connectivity index (χ1n) is 10.8. The lowest BCUT2D eigenvalue weighted by atomic mass is 10.0. The summed E-state index contributed by atoms with van der Waals surface area (Å²) in [4.78, 5) is 15.6. The maximum Gasteiger partial charge on any atom is 0.137 e. The third-order valence-electron chi connectivity index (χ3n) is 5.77. The van der Waals surface area contributed by atoms with Crippen LogP contribution in [-0.4, -0.2) is 41.3 Å². The van der Waals surface area contributed by atoms with E-state index in [4.69, 9.17) is 4.74 Å². The average Bonchev–Trinajstić information content (AvgIpc) is 2.81. The highest BCUT2D eigenvalue weighted by molar-refractivity contribution is 5.98. The molecule has 0 aliphatic carbocycles. The van der Waals surface area contributed by atoms with Crippen LogP contribution in [0.25, 0.3) is 22.3 Å². The minimum atomic E-state index is -0.679. The Morgan fingerprint density at radius 2 is 1.85 bits per heavy atom. The van der Waals surface area contributed by atoms with Gasteiger partial charge >= 0.3 is 0 Å². The number of fused-ring (bicyclic) bond motifs is 1. The second kappa shape index (κ2) is 8.71. The Morgan fingerprint density at radius 1 is 1.03 bits per heavy atom. The van der Waals surface area contributed by atoms with Gasteiger partial charge in [-0.2, -0.15) is 0 Å². The van der Waals surface area contributed by atoms with E-state index in [2.05, 4.69) is 25.2 Å². The van der Waals surface area contributed by atoms with Crippen LogP contribution in [0, 0.1) is 25.5 Å². The molecule has 0 bridgehead atoms. The van der Waals surface area contributed by atoms with E-state index in [-0.39, 0.29) is 10.9 Å². The predicted molar refractivity (Wildman–Crippen MR) is 125 cm³/mol. The summed E-state index contributed by atoms with van der Waals surface area (Å²) in [6, 6.07) is 7.88. The average molecular weight is 447 g/mol. The molecule has 3 aromatic heterocycles. The number of benzene rings is 1. The number of pyridine rings is 3. The molecule has 4 heterocycles. The molecule has 5 rings (SSSR count). The summed E-state index contributed by atoms with van der Waals surface area (Å²) in [5.74, 6) is -1.36. The number of aryl methyl sites for hydroxylation is 1. The monoisotopic (exact) mass is 447 g/mol. The van der Waals surface area contributed by atoms with E-state index >= 15 is 0 Å². The van der Waals surface area contributed by atoms with E-state index in [1.54, 1.807) is 18.6 Å². The number of nitrogens with one attached hydrogen (secondary N) is 1. The number of nitrogens with zero attached hydrogens (tertiary/aromatic N) is 4. The molecular weight excluding hydrogens is 424 g/mol. The first-order valence-corrected chi connectivity index (χ1v) is 10.8. The van der Waals surface area contributed by atoms with Gasteiger partial charge in [-0.1, -0.05) is 0 Å². The first-order chi connectivity index (χ1) is 16.0. The largest absolute Gasteiger partial charge is 0.378 e. The lowest BCUT2D eigenvalue weighted by Crippen LogP contribution is -2.36. The van der Waals surface area contributed by atoms with Crippen molar-refractivity contribution in [3.05, 3.63) is 71.7 Å². The van der Waals surface area contributed by atoms with Crippen LogP contribution in [0.5, 0.6) is 0 Å². The number of ether oxygens (including phenoxy) is 1. The number of morpholine rings is 1. The lowest BCUT2D eigenvalue weighted by Gasteiger charge is -2.28. The van der Waals surface area contributed by atoms with Crippen LogP contribution in [0.15, 0.2) is 48.9 Å². The molecule has 4 aromatic rings. The zero-order valence-corrected chi connectivity index (χ0v) is 18.4. The fourth-order valence-electron chi connectivity index (χ4n) is 4.11. The Balaban J connectivity index is 1.65. The van der Waals surface area contributed by atoms with Crippen molar-refractivity contribution in [1.82, 2.24) is 15.0 Å². The van der Waals surface area contributed by atoms with Crippen LogP contribution in [0.1, 0.15) is 11.1 Å². The molecule has 8 heteroatoms. The number of hydrogen-bond donors (Lipinski definition) is 1. The molecule has 168 valence electrons. The highest BCUT2D eigenvalue weighted by atomic mass is 19.1. The lowest BCUT2D eigenvalue weighted by molar-refractivity contribution is 0.122. The van der Waals surface area contributed by atoms with Crippen molar-refractivity contribution in [1.29, 1.82) is 0 Å². The van der Waals surface area contributed by atoms with Gasteiger partial charge in [-0.3, -0.25) is 9.97 Å². The fourth-order valence-corrected chi connectivity index (χ4v) is 4.11. The predicted octanol–water partition coefficient (Wildman–Crippen LogP) is 5.17. The minimum Gasteiger partial charge on any atom is -0.378 e. The highest BCUT2D eigenvalue weighted by Crippen LogP contribution is 2.37. The maximum atomic E-state index is 15.0. The van der Waals surface area contributed by atoms with Gasteiger partial charge in [0.2, 0.25) is 0 Å². The fraction of sp³-hybridized carbons (Fsp3) is 0.240. The van der Waals surface area contributed by atoms with Gasteiger partial charge in [0.25, 0.3) is 0 Å². The number of aromatic nitrogens is 3. The molecule has 0 atom stereocenters. The number of hydrogen-bond acceptors (Lipinski definition) is 6. The van der Waals surface area contributed by atoms with Crippen molar-refractivity contribution >= 4 is 28.0 Å². The van der Waals surface area contributed by atoms with Gasteiger partial charge in [0, 0.05) is 37.0 Å². The molecule has 1 aliphatic heterocycles. The molecular formula is C25H23F2N5O. The SMILES string of the molecule is Cc1ccnc(-c2nc3cc(F)cc(F)c3c(Nc3cncc(N4CCOCC4)c3)c2C)c1. The standard InChI is InChI=1S/C25H23F2N5O/c1-15-3-4-29-22(9-15)24-16(2)25(23-20(27)10-17(26)11-21(23)31-24)30-18-12-19(14-28-13-18)32-5-7-33-8-6-32/h3-4,9-14H,5-8H2,1-2H3,(H,30,31). The Bertz CT molecular complexity index is 1340. The van der Waals surface area contributed by atoms with Gasteiger partial charge in [0.1, 0.15) is 11.6 Å². The zero-order chi connectivity index (χ0) is 22.9. The molecule has 1 N–H and O–H groups in total. The van der Waals surface area contributed by atoms with Gasteiger partial charge in [-0.25, -0.2) is 13.8 Å². The quantitative estimate of drug-likeness (QED) is 0.466. The second-order valence-electron chi connectivity index (χ2n) is 8.12. The van der Waals surface area contributed by atoms with Crippen LogP contribution in [-0.2, 0) is 4.74 Å². The van der Waals surface area contributed by atoms with Crippen molar-refractivity contribution < 1.29 is 13.5 Å². The molecule has 6 nitrogen and oxygen atoms in total. The zero-order valence-electron chi connectivity index (χ0n) is 18.4. The molecule has 1 fully saturated rings. The van der Waals surface area contributed by atoms with Crippen LogP contribution in [0.4, 0.5) is 25.8 Å². The van der Waals surface area contributed by atoms with E-state index in [9.17, 15) is 8.78 Å². The minimum absolute atomic E-state index is 0.219. The van der Waals surface area contributed by atoms with E-state index in [1.807, 2.05) is 32.0 Å². The van der Waals surface area contributed by atoms with Crippen molar-refractivity contribution in [2.45, 2.75) is 13.8 Å². The smallest absolute Gasteiger partial charge is 0.137 e. The topological polar surface area (TPSA) is 63.2 Å². The Morgan fingerprint density at radius 3 is 2.64 bits per heavy atom. The number of halogens is 2. The van der Waals surface area contributed by atoms with E-state index in [0.29, 0.717) is 41.5 Å². The summed E-state index contributed by atoms with van der Waals surface area (Å²) >= 11 is 0. The van der Waals surface area contributed by atoms with Crippen LogP contribution in [0.2, 0.25) is 0 Å². The molecule has 33 heavy (non-hydrogen) atoms. The van der Waals surface area contributed by atoms with Crippen LogP contribution >= 0.6 is 0 Å². The van der Waals surface area contributed by atoms with Gasteiger partial charge in [0.05, 0.1) is 65.0 Å². The summed E-state index contributed by atoms with van der Waals surface area (Å²) in [5, 5.41) is 3.55. The Hall–Kier alpha value is -3.65. The third kappa shape index (κ3) is 4.21. The number of rotatable bonds is 4. The summed E-state index contributed by atoms with van der Waals surface area (Å²) in [5.41, 5.74) is 5.31. The third-order valence-corrected chi connectivity index (χ3v) is 5.77. The van der Waals surface area contributed by atoms with Crippen LogP contribution < -0.4 is 10.2 Å². The summed E-state index contributed by atoms with van der Waals surface area (Å²) < 4.78 is 34.5. The molecule has 0 spiro atoms. The van der Waals surface area contributed by atoms with E-state index in [1.165, 1.54) is 6.07 Å². The van der Waals surface area contributed by atoms with Crippen molar-refractivity contribution in [3.63, 3.8) is 0 Å². The Kier molecular flexibility index (Phi) is 5.60. The molecule has 0 saturated carbocycles. The molecule has 0 radical (unpaired) electrons. The van der Waals surface area contributed by atoms with Gasteiger partial charge in [-0.05, 0) is 37.6 Å². The Labute approximate surface area is 190 Å². The van der Waals surface area contributed by atoms with Crippen molar-refractivity contribution in [2.75, 3.05) is 36.5 Å². The maximum absolute atomic E-state index is 15.0. The van der Waals surface area contributed by atoms with Gasteiger partial charge in [-0.15, -0.1) is 0 Å². The van der Waals surface area contributed by atoms with Crippen molar-refractivity contribution in [3.8, 4) is 11.4 Å².